The molecule has 0 radical (unpaired) electrons. The number of nitrogens with one attached hydrogen (secondary N) is 3. The number of nitrogens with zero attached hydrogens (tertiary/aromatic N) is 3. The molecule has 0 unspecified atom stereocenters. The fraction of sp³-hybridized carbons (Fsp3) is 0.484. The van der Waals surface area contributed by atoms with E-state index in [0.29, 0.717) is 11.8 Å². The summed E-state index contributed by atoms with van der Waals surface area (Å²) in [7, 11) is 1.22. The van der Waals surface area contributed by atoms with Gasteiger partial charge < -0.3 is 25.3 Å². The number of amides is 3. The van der Waals surface area contributed by atoms with Crippen molar-refractivity contribution in [2.75, 3.05) is 12.4 Å². The second kappa shape index (κ2) is 13.8. The van der Waals surface area contributed by atoms with Crippen LogP contribution in [0, 0.1) is 33.8 Å². The molecule has 238 valence electrons. The summed E-state index contributed by atoms with van der Waals surface area (Å²) in [5, 5.41) is 19.4. The molecule has 4 fully saturated rings. The number of hydrogen-bond donors (Lipinski definition) is 3. The van der Waals surface area contributed by atoms with Gasteiger partial charge in [0.1, 0.15) is 24.5 Å². The normalized spacial score (nSPS) is 23.7. The predicted octanol–water partition coefficient (Wildman–Crippen LogP) is 2.34. The number of ether oxygens (including phenoxy) is 1. The van der Waals surface area contributed by atoms with E-state index in [0.717, 1.165) is 56.0 Å². The number of aromatic nitrogens is 2. The summed E-state index contributed by atoms with van der Waals surface area (Å²) < 4.78 is 5.78. The van der Waals surface area contributed by atoms with Gasteiger partial charge in [-0.15, -0.1) is 0 Å². The van der Waals surface area contributed by atoms with E-state index in [1.807, 2.05) is 0 Å². The minimum Gasteiger partial charge on any atom is -0.466 e. The summed E-state index contributed by atoms with van der Waals surface area (Å²) in [5.74, 6) is 0.120. The number of allylic oxidation sites excluding steroid dienone is 1. The minimum absolute atomic E-state index is 0.0162. The van der Waals surface area contributed by atoms with Gasteiger partial charge in [-0.3, -0.25) is 34.3 Å². The maximum atomic E-state index is 13.3. The summed E-state index contributed by atoms with van der Waals surface area (Å²) >= 11 is 0. The van der Waals surface area contributed by atoms with Crippen LogP contribution in [0.4, 0.5) is 11.4 Å². The first kappa shape index (κ1) is 31.5. The van der Waals surface area contributed by atoms with Crippen molar-refractivity contribution >= 4 is 35.1 Å². The van der Waals surface area contributed by atoms with Gasteiger partial charge in [-0.2, -0.15) is 0 Å². The maximum Gasteiger partial charge on any atom is 0.330 e. The fourth-order valence-corrected chi connectivity index (χ4v) is 7.20. The van der Waals surface area contributed by atoms with Gasteiger partial charge in [0.2, 0.25) is 11.8 Å². The van der Waals surface area contributed by atoms with Crippen LogP contribution >= 0.6 is 0 Å². The van der Waals surface area contributed by atoms with E-state index >= 15 is 0 Å². The zero-order valence-corrected chi connectivity index (χ0v) is 24.8. The van der Waals surface area contributed by atoms with Crippen molar-refractivity contribution in [3.8, 4) is 0 Å². The van der Waals surface area contributed by atoms with Gasteiger partial charge in [0.15, 0.2) is 0 Å². The van der Waals surface area contributed by atoms with E-state index in [2.05, 4.69) is 25.7 Å². The van der Waals surface area contributed by atoms with Crippen molar-refractivity contribution in [2.24, 2.45) is 23.7 Å². The first-order valence-electron chi connectivity index (χ1n) is 15.1. The molecule has 0 aromatic carbocycles. The van der Waals surface area contributed by atoms with E-state index in [4.69, 9.17) is 0 Å². The summed E-state index contributed by atoms with van der Waals surface area (Å²) in [6.45, 7) is -0.205. The number of hydrogen-bond acceptors (Lipinski definition) is 9. The quantitative estimate of drug-likeness (QED) is 0.138. The van der Waals surface area contributed by atoms with Crippen molar-refractivity contribution in [3.63, 3.8) is 0 Å². The molecule has 4 bridgehead atoms. The van der Waals surface area contributed by atoms with Crippen molar-refractivity contribution in [1.29, 1.82) is 0 Å². The summed E-state index contributed by atoms with van der Waals surface area (Å²) in [6, 6.07) is 2.88. The topological polar surface area (TPSA) is 192 Å². The van der Waals surface area contributed by atoms with Crippen LogP contribution in [0.1, 0.15) is 55.3 Å². The molecule has 6 rings (SSSR count). The van der Waals surface area contributed by atoms with Crippen LogP contribution in [0.25, 0.3) is 0 Å². The highest BCUT2D eigenvalue weighted by atomic mass is 16.6. The van der Waals surface area contributed by atoms with Crippen molar-refractivity contribution in [3.05, 3.63) is 75.0 Å². The molecular weight excluding hydrogens is 584 g/mol. The molecule has 4 aliphatic carbocycles. The lowest BCUT2D eigenvalue weighted by Gasteiger charge is -2.54. The molecule has 3 N–H and O–H groups in total. The monoisotopic (exact) mass is 620 g/mol. The van der Waals surface area contributed by atoms with Crippen molar-refractivity contribution < 1.29 is 28.8 Å². The van der Waals surface area contributed by atoms with Crippen LogP contribution in [-0.4, -0.2) is 57.4 Å². The zero-order chi connectivity index (χ0) is 32.1. The number of pyridine rings is 2. The molecule has 4 aliphatic rings. The van der Waals surface area contributed by atoms with Gasteiger partial charge in [-0.05, 0) is 80.8 Å². The molecule has 4 saturated carbocycles. The molecular formula is C31H36N6O8. The van der Waals surface area contributed by atoms with E-state index in [-0.39, 0.29) is 42.6 Å². The van der Waals surface area contributed by atoms with E-state index < -0.39 is 40.0 Å². The molecule has 2 aromatic heterocycles. The van der Waals surface area contributed by atoms with Crippen LogP contribution in [0.2, 0.25) is 0 Å². The van der Waals surface area contributed by atoms with Gasteiger partial charge in [-0.1, -0.05) is 6.08 Å². The molecule has 14 nitrogen and oxygen atoms in total. The lowest BCUT2D eigenvalue weighted by molar-refractivity contribution is -0.385. The number of carbonyl (C=O) groups is 4. The average Bonchev–Trinajstić information content (AvgIpc) is 3.01. The highest BCUT2D eigenvalue weighted by molar-refractivity contribution is 6.01. The highest BCUT2D eigenvalue weighted by Crippen LogP contribution is 2.53. The van der Waals surface area contributed by atoms with Gasteiger partial charge in [0.25, 0.3) is 17.2 Å². The maximum absolute atomic E-state index is 13.3. The Kier molecular flexibility index (Phi) is 9.69. The Balaban J connectivity index is 1.25. The number of nitro groups is 1. The Morgan fingerprint density at radius 2 is 1.84 bits per heavy atom. The third-order valence-electron chi connectivity index (χ3n) is 9.04. The molecule has 1 atom stereocenters. The molecule has 2 aromatic rings. The first-order chi connectivity index (χ1) is 21.6. The van der Waals surface area contributed by atoms with Crippen LogP contribution < -0.4 is 21.5 Å². The molecule has 14 heteroatoms. The average molecular weight is 621 g/mol. The van der Waals surface area contributed by atoms with E-state index in [1.54, 1.807) is 0 Å². The number of methoxy groups -OCH3 is 1. The first-order valence-corrected chi connectivity index (χ1v) is 15.1. The number of anilines is 1. The summed E-state index contributed by atoms with van der Waals surface area (Å²) in [6.07, 6.45) is 12.3. The Bertz CT molecular complexity index is 1540. The number of rotatable bonds is 12. The highest BCUT2D eigenvalue weighted by Gasteiger charge is 2.48. The van der Waals surface area contributed by atoms with Crippen molar-refractivity contribution in [2.45, 2.75) is 63.6 Å². The molecule has 45 heavy (non-hydrogen) atoms. The smallest absolute Gasteiger partial charge is 0.330 e. The van der Waals surface area contributed by atoms with Crippen molar-refractivity contribution in [1.82, 2.24) is 20.2 Å². The minimum atomic E-state index is -1.20. The van der Waals surface area contributed by atoms with Crippen LogP contribution in [0.15, 0.2) is 53.7 Å². The molecule has 0 saturated heterocycles. The standard InChI is InChI=1S/C31H36N6O8/c1-45-27(39)7-3-2-5-24(33-29(40)22-14-23(37(43)44)16-32-15-22)30(41)34-25-6-4-8-36(31(25)42)17-26(38)35-28-20-10-18-9-19(12-20)13-21(28)11-18/h3-4,6-8,14-16,18-21,24,28H,2,5,9-13,17H2,1H3,(H,33,40)(H,34,41)(H,35,38)/b7-3+/t18?,19?,20?,21?,24-,28?/m0/s1. The van der Waals surface area contributed by atoms with Crippen LogP contribution in [-0.2, 0) is 25.7 Å². The second-order valence-corrected chi connectivity index (χ2v) is 12.1. The Morgan fingerprint density at radius 1 is 1.13 bits per heavy atom. The molecule has 2 heterocycles. The Hall–Kier alpha value is -4.88. The van der Waals surface area contributed by atoms with Crippen LogP contribution in [0.5, 0.6) is 0 Å². The third kappa shape index (κ3) is 7.62. The Labute approximate surface area is 258 Å². The predicted molar refractivity (Wildman–Crippen MR) is 161 cm³/mol. The summed E-state index contributed by atoms with van der Waals surface area (Å²) in [5.41, 5.74) is -1.22. The largest absolute Gasteiger partial charge is 0.466 e. The number of carbonyl (C=O) groups excluding carboxylic acids is 4. The lowest BCUT2D eigenvalue weighted by Crippen LogP contribution is -2.56. The van der Waals surface area contributed by atoms with Crippen LogP contribution in [0.3, 0.4) is 0 Å². The van der Waals surface area contributed by atoms with E-state index in [1.165, 1.54) is 48.6 Å². The van der Waals surface area contributed by atoms with Gasteiger partial charge in [-0.25, -0.2) is 4.79 Å². The fourth-order valence-electron chi connectivity index (χ4n) is 7.20. The zero-order valence-electron chi connectivity index (χ0n) is 24.8. The SMILES string of the molecule is COC(=O)/C=C/CC[C@H](NC(=O)c1cncc([N+](=O)[O-])c1)C(=O)Nc1cccn(CC(=O)NC2C3CC4CC(C3)CC2C4)c1=O. The van der Waals surface area contributed by atoms with Gasteiger partial charge in [0, 0.05) is 30.6 Å². The molecule has 0 aliphatic heterocycles. The molecule has 0 spiro atoms. The number of esters is 1. The van der Waals surface area contributed by atoms with Gasteiger partial charge in [0.05, 0.1) is 17.6 Å². The second-order valence-electron chi connectivity index (χ2n) is 12.1. The lowest BCUT2D eigenvalue weighted by atomic mass is 9.54. The summed E-state index contributed by atoms with van der Waals surface area (Å²) in [4.78, 5) is 78.1. The Morgan fingerprint density at radius 3 is 2.51 bits per heavy atom. The third-order valence-corrected chi connectivity index (χ3v) is 9.04. The molecule has 3 amide bonds. The van der Waals surface area contributed by atoms with Gasteiger partial charge >= 0.3 is 5.97 Å². The van der Waals surface area contributed by atoms with E-state index in [9.17, 15) is 34.1 Å².